The van der Waals surface area contributed by atoms with Crippen molar-refractivity contribution in [1.29, 1.82) is 0 Å². The highest BCUT2D eigenvalue weighted by molar-refractivity contribution is 5.16. The zero-order valence-electron chi connectivity index (χ0n) is 14.0. The van der Waals surface area contributed by atoms with E-state index in [1.54, 1.807) is 0 Å². The van der Waals surface area contributed by atoms with Gasteiger partial charge in [-0.15, -0.1) is 0 Å². The molecule has 1 aromatic carbocycles. The van der Waals surface area contributed by atoms with Crippen LogP contribution in [0.25, 0.3) is 0 Å². The van der Waals surface area contributed by atoms with Gasteiger partial charge in [-0.3, -0.25) is 4.84 Å². The van der Waals surface area contributed by atoms with E-state index in [2.05, 4.69) is 49.2 Å². The van der Waals surface area contributed by atoms with Crippen LogP contribution >= 0.6 is 0 Å². The van der Waals surface area contributed by atoms with Crippen LogP contribution in [-0.4, -0.2) is 17.2 Å². The molecule has 0 unspecified atom stereocenters. The Morgan fingerprint density at radius 1 is 1.18 bits per heavy atom. The lowest BCUT2D eigenvalue weighted by Gasteiger charge is -2.42. The van der Waals surface area contributed by atoms with E-state index in [9.17, 15) is 0 Å². The molecule has 1 saturated heterocycles. The number of nitrogens with zero attached hydrogens (tertiary/aromatic N) is 1. The Morgan fingerprint density at radius 3 is 2.77 bits per heavy atom. The third-order valence-electron chi connectivity index (χ3n) is 6.60. The first-order valence-electron chi connectivity index (χ1n) is 9.16. The number of hydroxylamine groups is 2. The summed E-state index contributed by atoms with van der Waals surface area (Å²) < 4.78 is 0. The van der Waals surface area contributed by atoms with Crippen LogP contribution in [0.3, 0.4) is 0 Å². The Hall–Kier alpha value is -0.860. The van der Waals surface area contributed by atoms with Crippen molar-refractivity contribution in [1.82, 2.24) is 5.06 Å². The second kappa shape index (κ2) is 5.65. The second-order valence-corrected chi connectivity index (χ2v) is 8.08. The maximum atomic E-state index is 6.49. The highest BCUT2D eigenvalue weighted by Crippen LogP contribution is 2.58. The molecule has 0 radical (unpaired) electrons. The lowest BCUT2D eigenvalue weighted by atomic mass is 9.63. The molecule has 1 aromatic rings. The fraction of sp³-hybridized carbons (Fsp3) is 0.700. The Labute approximate surface area is 134 Å². The van der Waals surface area contributed by atoms with Gasteiger partial charge < -0.3 is 0 Å². The molecule has 2 saturated carbocycles. The van der Waals surface area contributed by atoms with Crippen LogP contribution in [-0.2, 0) is 11.4 Å². The van der Waals surface area contributed by atoms with Gasteiger partial charge in [0.1, 0.15) is 0 Å². The van der Waals surface area contributed by atoms with Gasteiger partial charge in [-0.05, 0) is 49.5 Å². The molecular weight excluding hydrogens is 270 g/mol. The summed E-state index contributed by atoms with van der Waals surface area (Å²) in [5.41, 5.74) is 1.84. The van der Waals surface area contributed by atoms with Crippen molar-refractivity contribution in [3.05, 3.63) is 35.9 Å². The first-order valence-corrected chi connectivity index (χ1v) is 9.16. The Bertz CT molecular complexity index is 514. The Kier molecular flexibility index (Phi) is 3.78. The van der Waals surface area contributed by atoms with Crippen LogP contribution in [0.5, 0.6) is 0 Å². The van der Waals surface area contributed by atoms with E-state index in [0.717, 1.165) is 18.4 Å². The minimum atomic E-state index is 0.460. The van der Waals surface area contributed by atoms with E-state index < -0.39 is 0 Å². The molecule has 1 aliphatic heterocycles. The molecule has 0 aromatic heterocycles. The Balaban J connectivity index is 1.56. The molecule has 3 fully saturated rings. The number of rotatable bonds is 3. The molecule has 22 heavy (non-hydrogen) atoms. The zero-order chi connectivity index (χ0) is 15.2. The minimum Gasteiger partial charge on any atom is -0.294 e. The van der Waals surface area contributed by atoms with Crippen molar-refractivity contribution in [3.8, 4) is 0 Å². The monoisotopic (exact) mass is 299 g/mol. The van der Waals surface area contributed by atoms with Crippen molar-refractivity contribution < 1.29 is 4.84 Å². The van der Waals surface area contributed by atoms with Crippen molar-refractivity contribution in [2.45, 2.75) is 71.1 Å². The van der Waals surface area contributed by atoms with Gasteiger partial charge in [0.05, 0.1) is 6.10 Å². The SMILES string of the molecule is CC(C)[C@@H]1CC[C@@H]2ON(Cc3ccccc3)[C@H]3CCC[C@@]23C1. The first kappa shape index (κ1) is 14.7. The molecule has 0 bridgehead atoms. The molecule has 4 atom stereocenters. The van der Waals surface area contributed by atoms with Crippen LogP contribution in [0, 0.1) is 17.3 Å². The third kappa shape index (κ3) is 2.32. The Morgan fingerprint density at radius 2 is 2.00 bits per heavy atom. The summed E-state index contributed by atoms with van der Waals surface area (Å²) in [7, 11) is 0. The van der Waals surface area contributed by atoms with Gasteiger partial charge in [-0.2, -0.15) is 5.06 Å². The van der Waals surface area contributed by atoms with E-state index in [4.69, 9.17) is 4.84 Å². The second-order valence-electron chi connectivity index (χ2n) is 8.08. The molecule has 2 nitrogen and oxygen atoms in total. The summed E-state index contributed by atoms with van der Waals surface area (Å²) in [6.07, 6.45) is 8.61. The average molecular weight is 299 g/mol. The summed E-state index contributed by atoms with van der Waals surface area (Å²) in [4.78, 5) is 6.49. The van der Waals surface area contributed by atoms with E-state index in [1.165, 1.54) is 44.1 Å². The molecule has 2 aliphatic carbocycles. The van der Waals surface area contributed by atoms with Crippen molar-refractivity contribution in [3.63, 3.8) is 0 Å². The topological polar surface area (TPSA) is 12.5 Å². The maximum absolute atomic E-state index is 6.49. The van der Waals surface area contributed by atoms with Gasteiger partial charge >= 0.3 is 0 Å². The van der Waals surface area contributed by atoms with Gasteiger partial charge in [0.15, 0.2) is 0 Å². The van der Waals surface area contributed by atoms with Crippen molar-refractivity contribution >= 4 is 0 Å². The quantitative estimate of drug-likeness (QED) is 0.795. The largest absolute Gasteiger partial charge is 0.294 e. The molecule has 0 amide bonds. The average Bonchev–Trinajstić information content (AvgIpc) is 3.04. The minimum absolute atomic E-state index is 0.460. The van der Waals surface area contributed by atoms with Crippen LogP contribution < -0.4 is 0 Å². The van der Waals surface area contributed by atoms with Crippen LogP contribution in [0.1, 0.15) is 57.9 Å². The molecule has 3 aliphatic rings. The van der Waals surface area contributed by atoms with Gasteiger partial charge in [0.25, 0.3) is 0 Å². The molecule has 1 heterocycles. The van der Waals surface area contributed by atoms with E-state index in [0.29, 0.717) is 17.6 Å². The van der Waals surface area contributed by atoms with Gasteiger partial charge in [0.2, 0.25) is 0 Å². The number of benzene rings is 1. The van der Waals surface area contributed by atoms with Crippen LogP contribution in [0.2, 0.25) is 0 Å². The predicted octanol–water partition coefficient (Wildman–Crippen LogP) is 4.80. The van der Waals surface area contributed by atoms with Gasteiger partial charge in [-0.25, -0.2) is 0 Å². The highest BCUT2D eigenvalue weighted by Gasteiger charge is 2.59. The fourth-order valence-electron chi connectivity index (χ4n) is 5.37. The molecule has 2 heteroatoms. The standard InChI is InChI=1S/C20H29NO/c1-15(2)17-10-11-19-20(13-17)12-6-9-18(20)21(22-19)14-16-7-4-3-5-8-16/h3-5,7-8,15,17-19H,6,9-14H2,1-2H3/t17-,18+,19+,20+/m1/s1. The highest BCUT2D eigenvalue weighted by atomic mass is 16.7. The van der Waals surface area contributed by atoms with E-state index in [-0.39, 0.29) is 0 Å². The summed E-state index contributed by atoms with van der Waals surface area (Å²) in [6.45, 7) is 5.77. The van der Waals surface area contributed by atoms with Gasteiger partial charge in [0, 0.05) is 18.0 Å². The third-order valence-corrected chi connectivity index (χ3v) is 6.60. The molecule has 120 valence electrons. The lowest BCUT2D eigenvalue weighted by Crippen LogP contribution is -2.43. The van der Waals surface area contributed by atoms with Crippen molar-refractivity contribution in [2.24, 2.45) is 17.3 Å². The van der Waals surface area contributed by atoms with Crippen LogP contribution in [0.15, 0.2) is 30.3 Å². The summed E-state index contributed by atoms with van der Waals surface area (Å²) >= 11 is 0. The zero-order valence-corrected chi connectivity index (χ0v) is 14.0. The summed E-state index contributed by atoms with van der Waals surface area (Å²) in [5.74, 6) is 1.72. The molecular formula is C20H29NO. The van der Waals surface area contributed by atoms with Gasteiger partial charge in [-0.1, -0.05) is 50.6 Å². The molecule has 1 spiro atoms. The first-order chi connectivity index (χ1) is 10.7. The van der Waals surface area contributed by atoms with E-state index >= 15 is 0 Å². The van der Waals surface area contributed by atoms with Crippen molar-refractivity contribution in [2.75, 3.05) is 0 Å². The number of hydrogen-bond acceptors (Lipinski definition) is 2. The predicted molar refractivity (Wildman–Crippen MR) is 89.1 cm³/mol. The lowest BCUT2D eigenvalue weighted by molar-refractivity contribution is -0.178. The summed E-state index contributed by atoms with van der Waals surface area (Å²) in [6, 6.07) is 11.5. The number of hydrogen-bond donors (Lipinski definition) is 0. The normalized spacial score (nSPS) is 38.2. The fourth-order valence-corrected chi connectivity index (χ4v) is 5.37. The summed E-state index contributed by atoms with van der Waals surface area (Å²) in [5, 5.41) is 2.36. The van der Waals surface area contributed by atoms with E-state index in [1.807, 2.05) is 0 Å². The van der Waals surface area contributed by atoms with Crippen LogP contribution in [0.4, 0.5) is 0 Å². The smallest absolute Gasteiger partial charge is 0.0865 e. The molecule has 0 N–H and O–H groups in total. The maximum Gasteiger partial charge on any atom is 0.0865 e. The molecule has 4 rings (SSSR count).